The standard InChI is InChI=1S/C13H24O2S2Si/c1-6-11(12(14)15-7-2)13(18(3,4)5)16-9-8-10-17-13/h6,11H,1,7-10H2,2-5H3. The van der Waals surface area contributed by atoms with Gasteiger partial charge in [0.05, 0.1) is 24.3 Å². The average Bonchev–Trinajstić information content (AvgIpc) is 2.30. The van der Waals surface area contributed by atoms with E-state index in [0.717, 1.165) is 11.5 Å². The van der Waals surface area contributed by atoms with Crippen LogP contribution in [0.1, 0.15) is 13.3 Å². The Hall–Kier alpha value is 0.127. The van der Waals surface area contributed by atoms with Gasteiger partial charge in [-0.25, -0.2) is 0 Å². The summed E-state index contributed by atoms with van der Waals surface area (Å²) in [6, 6.07) is 0. The minimum absolute atomic E-state index is 0.0146. The average molecular weight is 305 g/mol. The maximum Gasteiger partial charge on any atom is 0.314 e. The molecule has 104 valence electrons. The highest BCUT2D eigenvalue weighted by Gasteiger charge is 2.53. The summed E-state index contributed by atoms with van der Waals surface area (Å²) in [5.74, 6) is 2.00. The van der Waals surface area contributed by atoms with Crippen molar-refractivity contribution in [3.05, 3.63) is 12.7 Å². The van der Waals surface area contributed by atoms with E-state index in [1.165, 1.54) is 6.42 Å². The van der Waals surface area contributed by atoms with E-state index in [-0.39, 0.29) is 15.6 Å². The number of ether oxygens (including phenoxy) is 1. The molecule has 0 aromatic heterocycles. The summed E-state index contributed by atoms with van der Waals surface area (Å²) in [6.45, 7) is 13.2. The van der Waals surface area contributed by atoms with Gasteiger partial charge in [0.25, 0.3) is 0 Å². The van der Waals surface area contributed by atoms with Crippen LogP contribution < -0.4 is 0 Å². The fourth-order valence-electron chi connectivity index (χ4n) is 2.27. The van der Waals surface area contributed by atoms with Gasteiger partial charge in [-0.05, 0) is 24.9 Å². The van der Waals surface area contributed by atoms with Crippen LogP contribution >= 0.6 is 23.5 Å². The first-order chi connectivity index (χ1) is 8.39. The third-order valence-electron chi connectivity index (χ3n) is 3.15. The van der Waals surface area contributed by atoms with E-state index >= 15 is 0 Å². The second-order valence-corrected chi connectivity index (χ2v) is 14.4. The molecule has 1 aliphatic heterocycles. The Labute approximate surface area is 120 Å². The van der Waals surface area contributed by atoms with Crippen LogP contribution in [0.2, 0.25) is 19.6 Å². The molecule has 1 aliphatic rings. The van der Waals surface area contributed by atoms with Crippen molar-refractivity contribution in [1.82, 2.24) is 0 Å². The van der Waals surface area contributed by atoms with E-state index in [4.69, 9.17) is 4.74 Å². The van der Waals surface area contributed by atoms with Gasteiger partial charge in [0.2, 0.25) is 0 Å². The molecular formula is C13H24O2S2Si. The highest BCUT2D eigenvalue weighted by molar-refractivity contribution is 8.21. The van der Waals surface area contributed by atoms with E-state index in [1.807, 2.05) is 36.5 Å². The molecule has 1 saturated heterocycles. The molecule has 0 saturated carbocycles. The summed E-state index contributed by atoms with van der Waals surface area (Å²) in [4.78, 5) is 12.2. The van der Waals surface area contributed by atoms with Crippen molar-refractivity contribution in [2.24, 2.45) is 5.92 Å². The van der Waals surface area contributed by atoms with Crippen LogP contribution in [0.25, 0.3) is 0 Å². The van der Waals surface area contributed by atoms with Crippen molar-refractivity contribution >= 4 is 37.6 Å². The highest BCUT2D eigenvalue weighted by atomic mass is 32.2. The summed E-state index contributed by atoms with van der Waals surface area (Å²) < 4.78 is 5.24. The summed E-state index contributed by atoms with van der Waals surface area (Å²) in [7, 11) is -1.53. The van der Waals surface area contributed by atoms with Gasteiger partial charge >= 0.3 is 5.97 Å². The van der Waals surface area contributed by atoms with Crippen molar-refractivity contribution in [1.29, 1.82) is 0 Å². The Morgan fingerprint density at radius 3 is 2.39 bits per heavy atom. The van der Waals surface area contributed by atoms with Gasteiger partial charge in [0.15, 0.2) is 0 Å². The zero-order valence-corrected chi connectivity index (χ0v) is 14.5. The van der Waals surface area contributed by atoms with Crippen molar-refractivity contribution in [2.75, 3.05) is 18.1 Å². The summed E-state index contributed by atoms with van der Waals surface area (Å²) in [5, 5.41) is 0. The Morgan fingerprint density at radius 2 is 2.00 bits per heavy atom. The monoisotopic (exact) mass is 304 g/mol. The molecule has 1 unspecified atom stereocenters. The normalized spacial score (nSPS) is 21.1. The summed E-state index contributed by atoms with van der Waals surface area (Å²) >= 11 is 3.91. The smallest absolute Gasteiger partial charge is 0.314 e. The van der Waals surface area contributed by atoms with E-state index in [0.29, 0.717) is 6.61 Å². The quantitative estimate of drug-likeness (QED) is 0.438. The van der Waals surface area contributed by atoms with Crippen LogP contribution in [0.5, 0.6) is 0 Å². The van der Waals surface area contributed by atoms with Gasteiger partial charge in [-0.1, -0.05) is 25.7 Å². The first kappa shape index (κ1) is 16.2. The molecule has 0 spiro atoms. The molecule has 18 heavy (non-hydrogen) atoms. The van der Waals surface area contributed by atoms with E-state index in [2.05, 4.69) is 26.2 Å². The van der Waals surface area contributed by atoms with Crippen molar-refractivity contribution in [3.63, 3.8) is 0 Å². The Kier molecular flexibility index (Phi) is 5.87. The van der Waals surface area contributed by atoms with E-state index in [1.54, 1.807) is 0 Å². The van der Waals surface area contributed by atoms with Gasteiger partial charge in [0, 0.05) is 0 Å². The zero-order chi connectivity index (χ0) is 13.8. The molecular weight excluding hydrogens is 280 g/mol. The van der Waals surface area contributed by atoms with Gasteiger partial charge in [0.1, 0.15) is 0 Å². The molecule has 5 heteroatoms. The predicted molar refractivity (Wildman–Crippen MR) is 85.9 cm³/mol. The SMILES string of the molecule is C=CC(C(=O)OCC)C1([Si](C)(C)C)SCCCS1. The third kappa shape index (κ3) is 3.17. The lowest BCUT2D eigenvalue weighted by Crippen LogP contribution is -2.55. The Bertz CT molecular complexity index is 307. The summed E-state index contributed by atoms with van der Waals surface area (Å²) in [6.07, 6.45) is 3.04. The molecule has 1 fully saturated rings. The fraction of sp³-hybridized carbons (Fsp3) is 0.769. The van der Waals surface area contributed by atoms with E-state index in [9.17, 15) is 4.79 Å². The molecule has 1 atom stereocenters. The maximum atomic E-state index is 12.2. The van der Waals surface area contributed by atoms with Crippen molar-refractivity contribution < 1.29 is 9.53 Å². The van der Waals surface area contributed by atoms with Gasteiger partial charge in [-0.3, -0.25) is 4.79 Å². The van der Waals surface area contributed by atoms with Crippen LogP contribution in [-0.4, -0.2) is 35.9 Å². The van der Waals surface area contributed by atoms with Crippen LogP contribution in [0.3, 0.4) is 0 Å². The number of rotatable bonds is 5. The topological polar surface area (TPSA) is 26.3 Å². The fourth-order valence-corrected chi connectivity index (χ4v) is 10.5. The lowest BCUT2D eigenvalue weighted by molar-refractivity contribution is -0.146. The Balaban J connectivity index is 3.07. The molecule has 1 heterocycles. The first-order valence-electron chi connectivity index (χ1n) is 6.46. The van der Waals surface area contributed by atoms with Crippen molar-refractivity contribution in [3.8, 4) is 0 Å². The van der Waals surface area contributed by atoms with Gasteiger partial charge < -0.3 is 4.74 Å². The number of esters is 1. The third-order valence-corrected chi connectivity index (χ3v) is 13.2. The minimum Gasteiger partial charge on any atom is -0.465 e. The predicted octanol–water partition coefficient (Wildman–Crippen LogP) is 3.80. The van der Waals surface area contributed by atoms with Crippen molar-refractivity contribution in [2.45, 2.75) is 36.7 Å². The lowest BCUT2D eigenvalue weighted by atomic mass is 10.2. The minimum atomic E-state index is -1.53. The van der Waals surface area contributed by atoms with Crippen LogP contribution in [0.15, 0.2) is 12.7 Å². The molecule has 0 N–H and O–H groups in total. The molecule has 1 rings (SSSR count). The number of hydrogen-bond donors (Lipinski definition) is 0. The van der Waals surface area contributed by atoms with E-state index < -0.39 is 8.07 Å². The molecule has 0 bridgehead atoms. The summed E-state index contributed by atoms with van der Waals surface area (Å²) in [5.41, 5.74) is 0. The van der Waals surface area contributed by atoms with Gasteiger partial charge in [-0.2, -0.15) is 0 Å². The highest BCUT2D eigenvalue weighted by Crippen LogP contribution is 2.53. The maximum absolute atomic E-state index is 12.2. The number of hydrogen-bond acceptors (Lipinski definition) is 4. The van der Waals surface area contributed by atoms with Gasteiger partial charge in [-0.15, -0.1) is 30.1 Å². The van der Waals surface area contributed by atoms with Crippen LogP contribution in [0, 0.1) is 5.92 Å². The first-order valence-corrected chi connectivity index (χ1v) is 11.9. The molecule has 0 aromatic rings. The Morgan fingerprint density at radius 1 is 1.44 bits per heavy atom. The second-order valence-electron chi connectivity index (χ2n) is 5.43. The number of carbonyl (C=O) groups is 1. The number of thioether (sulfide) groups is 2. The largest absolute Gasteiger partial charge is 0.465 e. The molecule has 0 aromatic carbocycles. The zero-order valence-electron chi connectivity index (χ0n) is 11.8. The molecule has 0 amide bonds. The van der Waals surface area contributed by atoms with Crippen LogP contribution in [0.4, 0.5) is 0 Å². The molecule has 0 aliphatic carbocycles. The number of carbonyl (C=O) groups excluding carboxylic acids is 1. The second kappa shape index (κ2) is 6.53. The lowest BCUT2D eigenvalue weighted by Gasteiger charge is -2.48. The molecule has 0 radical (unpaired) electrons. The van der Waals surface area contributed by atoms with Crippen LogP contribution in [-0.2, 0) is 9.53 Å². The molecule has 2 nitrogen and oxygen atoms in total.